The number of aliphatic carboxylic acids is 1. The van der Waals surface area contributed by atoms with Crippen LogP contribution in [0.4, 0.5) is 0 Å². The molecule has 0 aromatic rings. The average molecular weight is 404 g/mol. The Morgan fingerprint density at radius 1 is 0.929 bits per heavy atom. The number of aliphatic hydroxyl groups excluding tert-OH is 1. The number of carboxylic acids is 1. The largest absolute Gasteiger partial charge is 0.480 e. The van der Waals surface area contributed by atoms with E-state index in [9.17, 15) is 33.9 Å². The maximum atomic E-state index is 12.1. The lowest BCUT2D eigenvalue weighted by Crippen LogP contribution is -2.55. The number of carbonyl (C=O) groups excluding carboxylic acids is 5. The van der Waals surface area contributed by atoms with Crippen LogP contribution in [0.25, 0.3) is 0 Å². The number of amides is 5. The minimum Gasteiger partial charge on any atom is -0.480 e. The fourth-order valence-corrected chi connectivity index (χ4v) is 1.90. The van der Waals surface area contributed by atoms with Crippen molar-refractivity contribution >= 4 is 35.5 Å². The van der Waals surface area contributed by atoms with E-state index in [1.54, 1.807) is 0 Å². The minimum absolute atomic E-state index is 0.505. The summed E-state index contributed by atoms with van der Waals surface area (Å²) in [6.45, 7) is 0.430. The zero-order valence-corrected chi connectivity index (χ0v) is 15.0. The number of carboxylic acid groups (broad SMARTS) is 1. The molecule has 0 rings (SSSR count). The Balaban J connectivity index is 4.87. The lowest BCUT2D eigenvalue weighted by Gasteiger charge is -2.20. The first-order chi connectivity index (χ1) is 12.8. The molecule has 0 fully saturated rings. The van der Waals surface area contributed by atoms with Crippen molar-refractivity contribution in [3.8, 4) is 0 Å². The first kappa shape index (κ1) is 24.7. The number of hydrogen-bond acceptors (Lipinski definition) is 8. The number of aliphatic hydroxyl groups is 1. The van der Waals surface area contributed by atoms with Crippen LogP contribution in [0, 0.1) is 0 Å². The van der Waals surface area contributed by atoms with Gasteiger partial charge in [0, 0.05) is 0 Å². The molecule has 0 aliphatic rings. The van der Waals surface area contributed by atoms with E-state index in [2.05, 4.69) is 10.6 Å². The van der Waals surface area contributed by atoms with Crippen molar-refractivity contribution in [2.75, 3.05) is 6.54 Å². The highest BCUT2D eigenvalue weighted by Gasteiger charge is 2.28. The van der Waals surface area contributed by atoms with E-state index in [0.29, 0.717) is 0 Å². The molecule has 0 heterocycles. The number of carbonyl (C=O) groups is 6. The van der Waals surface area contributed by atoms with E-state index in [-0.39, 0.29) is 0 Å². The predicted octanol–water partition coefficient (Wildman–Crippen LogP) is -5.38. The lowest BCUT2D eigenvalue weighted by molar-refractivity contribution is -0.144. The highest BCUT2D eigenvalue weighted by Crippen LogP contribution is 1.96. The summed E-state index contributed by atoms with van der Waals surface area (Å²) in [5, 5.41) is 24.3. The molecule has 4 unspecified atom stereocenters. The third-order valence-electron chi connectivity index (χ3n) is 3.28. The molecule has 0 radical (unpaired) electrons. The first-order valence-electron chi connectivity index (χ1n) is 7.95. The average Bonchev–Trinajstić information content (AvgIpc) is 2.55. The second-order valence-electron chi connectivity index (χ2n) is 5.85. The number of hydrogen-bond donors (Lipinski definition) is 8. The number of nitrogens with one attached hydrogen (secondary N) is 3. The van der Waals surface area contributed by atoms with E-state index in [1.165, 1.54) is 0 Å². The van der Waals surface area contributed by atoms with Gasteiger partial charge in [-0.15, -0.1) is 0 Å². The van der Waals surface area contributed by atoms with Crippen LogP contribution in [0.5, 0.6) is 0 Å². The molecule has 0 spiro atoms. The highest BCUT2D eigenvalue weighted by atomic mass is 16.4. The molecule has 4 atom stereocenters. The SMILES string of the molecule is CC(O)C(NC(=O)CNC(=O)C(CC(N)=O)NC(=O)C(N)CC(N)=O)C(=O)O. The second kappa shape index (κ2) is 11.5. The molecule has 158 valence electrons. The van der Waals surface area contributed by atoms with Crippen molar-refractivity contribution in [1.29, 1.82) is 0 Å². The number of primary amides is 2. The van der Waals surface area contributed by atoms with Crippen LogP contribution in [-0.4, -0.2) is 76.5 Å². The highest BCUT2D eigenvalue weighted by molar-refractivity contribution is 5.96. The third-order valence-corrected chi connectivity index (χ3v) is 3.28. The molecule has 0 aromatic carbocycles. The van der Waals surface area contributed by atoms with Gasteiger partial charge in [-0.25, -0.2) is 4.79 Å². The molecule has 0 saturated carbocycles. The maximum absolute atomic E-state index is 12.1. The molecule has 14 nitrogen and oxygen atoms in total. The maximum Gasteiger partial charge on any atom is 0.328 e. The Morgan fingerprint density at radius 3 is 1.89 bits per heavy atom. The number of nitrogens with two attached hydrogens (primary N) is 3. The van der Waals surface area contributed by atoms with Gasteiger partial charge in [0.2, 0.25) is 29.5 Å². The molecule has 0 aliphatic carbocycles. The molecule has 0 bridgehead atoms. The van der Waals surface area contributed by atoms with Gasteiger partial charge in [0.1, 0.15) is 6.04 Å². The smallest absolute Gasteiger partial charge is 0.328 e. The zero-order chi connectivity index (χ0) is 22.0. The van der Waals surface area contributed by atoms with Crippen LogP contribution in [0.2, 0.25) is 0 Å². The van der Waals surface area contributed by atoms with E-state index in [0.717, 1.165) is 6.92 Å². The molecule has 0 aliphatic heterocycles. The number of rotatable bonds is 12. The Kier molecular flexibility index (Phi) is 10.1. The normalized spacial score (nSPS) is 14.7. The summed E-state index contributed by atoms with van der Waals surface area (Å²) in [5.41, 5.74) is 15.3. The van der Waals surface area contributed by atoms with Crippen LogP contribution >= 0.6 is 0 Å². The van der Waals surface area contributed by atoms with E-state index in [4.69, 9.17) is 22.3 Å². The first-order valence-corrected chi connectivity index (χ1v) is 7.95. The molecule has 11 N–H and O–H groups in total. The van der Waals surface area contributed by atoms with E-state index >= 15 is 0 Å². The molecular formula is C14H24N6O8. The minimum atomic E-state index is -1.60. The Labute approximate surface area is 159 Å². The fourth-order valence-electron chi connectivity index (χ4n) is 1.90. The van der Waals surface area contributed by atoms with Gasteiger partial charge in [0.15, 0.2) is 6.04 Å². The van der Waals surface area contributed by atoms with Gasteiger partial charge < -0.3 is 43.4 Å². The summed E-state index contributed by atoms with van der Waals surface area (Å²) < 4.78 is 0. The van der Waals surface area contributed by atoms with Crippen molar-refractivity contribution in [2.45, 2.75) is 44.0 Å². The van der Waals surface area contributed by atoms with Crippen molar-refractivity contribution in [3.05, 3.63) is 0 Å². The van der Waals surface area contributed by atoms with Crippen molar-refractivity contribution in [2.24, 2.45) is 17.2 Å². The van der Waals surface area contributed by atoms with Crippen molar-refractivity contribution < 1.29 is 39.0 Å². The fraction of sp³-hybridized carbons (Fsp3) is 0.571. The van der Waals surface area contributed by atoms with Crippen molar-refractivity contribution in [1.82, 2.24) is 16.0 Å². The van der Waals surface area contributed by atoms with Gasteiger partial charge in [-0.05, 0) is 6.92 Å². The van der Waals surface area contributed by atoms with E-state index in [1.807, 2.05) is 5.32 Å². The van der Waals surface area contributed by atoms with Gasteiger partial charge in [-0.3, -0.25) is 24.0 Å². The molecular weight excluding hydrogens is 380 g/mol. The van der Waals surface area contributed by atoms with Crippen LogP contribution < -0.4 is 33.2 Å². The molecule has 28 heavy (non-hydrogen) atoms. The summed E-state index contributed by atoms with van der Waals surface area (Å²) in [4.78, 5) is 68.4. The van der Waals surface area contributed by atoms with Gasteiger partial charge in [0.05, 0.1) is 31.5 Å². The quantitative estimate of drug-likeness (QED) is 0.154. The van der Waals surface area contributed by atoms with Crippen molar-refractivity contribution in [3.63, 3.8) is 0 Å². The Hall–Kier alpha value is -3.26. The van der Waals surface area contributed by atoms with Crippen LogP contribution in [0.1, 0.15) is 19.8 Å². The van der Waals surface area contributed by atoms with Gasteiger partial charge in [-0.1, -0.05) is 0 Å². The zero-order valence-electron chi connectivity index (χ0n) is 15.0. The van der Waals surface area contributed by atoms with Crippen LogP contribution in [0.15, 0.2) is 0 Å². The van der Waals surface area contributed by atoms with Crippen LogP contribution in [0.3, 0.4) is 0 Å². The summed E-state index contributed by atoms with van der Waals surface area (Å²) >= 11 is 0. The Morgan fingerprint density at radius 2 is 1.46 bits per heavy atom. The van der Waals surface area contributed by atoms with Crippen LogP contribution in [-0.2, 0) is 28.8 Å². The molecule has 14 heteroatoms. The summed E-state index contributed by atoms with van der Waals surface area (Å²) in [5.74, 6) is -6.19. The molecule has 0 saturated heterocycles. The standard InChI is InChI=1S/C14H24N6O8/c1-5(21)11(14(27)28)20-10(24)4-18-13(26)7(3-9(17)23)19-12(25)6(15)2-8(16)22/h5-7,11,21H,2-4,15H2,1H3,(H2,16,22)(H2,17,23)(H,18,26)(H,19,25)(H,20,24)(H,27,28). The summed E-state index contributed by atoms with van der Waals surface area (Å²) in [6.07, 6.45) is -2.53. The van der Waals surface area contributed by atoms with Gasteiger partial charge >= 0.3 is 5.97 Å². The van der Waals surface area contributed by atoms with E-state index < -0.39 is 79.1 Å². The molecule has 0 aromatic heterocycles. The van der Waals surface area contributed by atoms with Gasteiger partial charge in [-0.2, -0.15) is 0 Å². The van der Waals surface area contributed by atoms with Gasteiger partial charge in [0.25, 0.3) is 0 Å². The topological polar surface area (TPSA) is 257 Å². The summed E-state index contributed by atoms with van der Waals surface area (Å²) in [6, 6.07) is -4.47. The third kappa shape index (κ3) is 9.44. The Bertz CT molecular complexity index is 637. The monoisotopic (exact) mass is 404 g/mol. The lowest BCUT2D eigenvalue weighted by atomic mass is 10.1. The summed E-state index contributed by atoms with van der Waals surface area (Å²) in [7, 11) is 0. The predicted molar refractivity (Wildman–Crippen MR) is 91.8 cm³/mol. The second-order valence-corrected chi connectivity index (χ2v) is 5.85. The molecule has 5 amide bonds.